The van der Waals surface area contributed by atoms with Crippen LogP contribution in [-0.4, -0.2) is 0 Å². The number of benzene rings is 4. The first-order chi connectivity index (χ1) is 19.2. The summed E-state index contributed by atoms with van der Waals surface area (Å²) in [6, 6.07) is 33.9. The molecule has 0 N–H and O–H groups in total. The minimum absolute atomic E-state index is 0. The molecule has 4 heterocycles. The lowest BCUT2D eigenvalue weighted by atomic mass is 9.83. The highest BCUT2D eigenvalue weighted by atomic mass is 15.0. The second-order valence-electron chi connectivity index (χ2n) is 11.1. The lowest BCUT2D eigenvalue weighted by Gasteiger charge is -2.23. The first-order valence-electron chi connectivity index (χ1n) is 14.0. The maximum Gasteiger partial charge on any atom is 0.221 e. The van der Waals surface area contributed by atoms with Crippen LogP contribution in [0.3, 0.4) is 0 Å². The molecule has 0 amide bonds. The standard InChI is InChI=1S/C37H30N2.CH4/c1-25-6-10-32-23-26(9-11-31(32)22-25)7-8-27-14-18-38-19-16-29-12-13-30-17-21-39-20-15-28-4-2-3-5-33(28)37(39)36(30)35(29)34(38)24-27;/h2-15,18,20,22-24H,16-17,19,21H2,1H3;1H4/q+2;/b8-7+;. The Kier molecular flexibility index (Phi) is 5.86. The van der Waals surface area contributed by atoms with E-state index in [0.29, 0.717) is 0 Å². The quantitative estimate of drug-likeness (QED) is 0.205. The van der Waals surface area contributed by atoms with E-state index in [1.54, 1.807) is 0 Å². The molecule has 0 bridgehead atoms. The fourth-order valence-corrected chi connectivity index (χ4v) is 6.61. The fourth-order valence-electron chi connectivity index (χ4n) is 6.61. The maximum atomic E-state index is 2.47. The van der Waals surface area contributed by atoms with Crippen LogP contribution in [0.1, 0.15) is 35.2 Å². The lowest BCUT2D eigenvalue weighted by Crippen LogP contribution is -2.43. The molecule has 2 aromatic heterocycles. The predicted molar refractivity (Wildman–Crippen MR) is 167 cm³/mol. The van der Waals surface area contributed by atoms with Gasteiger partial charge in [0.05, 0.1) is 16.5 Å². The summed E-state index contributed by atoms with van der Waals surface area (Å²) < 4.78 is 4.91. The summed E-state index contributed by atoms with van der Waals surface area (Å²) in [7, 11) is 0. The van der Waals surface area contributed by atoms with E-state index in [-0.39, 0.29) is 7.43 Å². The zero-order chi connectivity index (χ0) is 25.9. The summed E-state index contributed by atoms with van der Waals surface area (Å²) in [4.78, 5) is 0. The van der Waals surface area contributed by atoms with E-state index >= 15 is 0 Å². The van der Waals surface area contributed by atoms with Gasteiger partial charge in [0.2, 0.25) is 11.4 Å². The molecule has 4 aromatic carbocycles. The average molecular weight is 519 g/mol. The number of rotatable bonds is 2. The summed E-state index contributed by atoms with van der Waals surface area (Å²) >= 11 is 0. The van der Waals surface area contributed by atoms with Gasteiger partial charge in [0.1, 0.15) is 0 Å². The van der Waals surface area contributed by atoms with Gasteiger partial charge >= 0.3 is 0 Å². The van der Waals surface area contributed by atoms with E-state index in [9.17, 15) is 0 Å². The van der Waals surface area contributed by atoms with Crippen molar-refractivity contribution in [3.63, 3.8) is 0 Å². The van der Waals surface area contributed by atoms with Crippen molar-refractivity contribution in [2.45, 2.75) is 40.3 Å². The third-order valence-electron chi connectivity index (χ3n) is 8.60. The minimum Gasteiger partial charge on any atom is -0.198 e. The third-order valence-corrected chi connectivity index (χ3v) is 8.60. The van der Waals surface area contributed by atoms with E-state index in [0.717, 1.165) is 25.9 Å². The third kappa shape index (κ3) is 3.95. The number of hydrogen-bond acceptors (Lipinski definition) is 0. The molecule has 0 fully saturated rings. The van der Waals surface area contributed by atoms with Crippen molar-refractivity contribution < 1.29 is 9.13 Å². The zero-order valence-electron chi connectivity index (χ0n) is 22.2. The van der Waals surface area contributed by atoms with Gasteiger partial charge < -0.3 is 0 Å². The highest BCUT2D eigenvalue weighted by Gasteiger charge is 2.34. The minimum atomic E-state index is 0. The van der Waals surface area contributed by atoms with Crippen molar-refractivity contribution in [2.75, 3.05) is 0 Å². The Morgan fingerprint density at radius 3 is 2.17 bits per heavy atom. The molecule has 0 saturated carbocycles. The maximum absolute atomic E-state index is 2.47. The Morgan fingerprint density at radius 1 is 0.600 bits per heavy atom. The zero-order valence-corrected chi connectivity index (χ0v) is 22.2. The molecule has 6 aromatic rings. The molecule has 2 aliphatic heterocycles. The Hall–Kier alpha value is -4.56. The number of nitrogens with zero attached hydrogens (tertiary/aromatic N) is 2. The number of hydrogen-bond donors (Lipinski definition) is 0. The van der Waals surface area contributed by atoms with Gasteiger partial charge in [-0.05, 0) is 57.5 Å². The summed E-state index contributed by atoms with van der Waals surface area (Å²) in [5.74, 6) is 0. The molecule has 0 spiro atoms. The van der Waals surface area contributed by atoms with Crippen LogP contribution in [-0.2, 0) is 25.9 Å². The van der Waals surface area contributed by atoms with Gasteiger partial charge in [0.25, 0.3) is 0 Å². The van der Waals surface area contributed by atoms with Gasteiger partial charge in [-0.1, -0.05) is 85.8 Å². The SMILES string of the molecule is C.Cc1ccc2cc(/C=C/c3cc[n+]4c(c3)-c3c(ccc5c3-c3c6ccccc6cc[n+]3CC5)CC4)ccc2c1. The number of fused-ring (bicyclic) bond motifs is 10. The van der Waals surface area contributed by atoms with Gasteiger partial charge in [0.15, 0.2) is 25.5 Å². The summed E-state index contributed by atoms with van der Waals surface area (Å²) in [5.41, 5.74) is 12.2. The van der Waals surface area contributed by atoms with E-state index in [1.165, 1.54) is 71.9 Å². The van der Waals surface area contributed by atoms with Crippen LogP contribution in [0.4, 0.5) is 0 Å². The van der Waals surface area contributed by atoms with Crippen LogP contribution in [0.5, 0.6) is 0 Å². The predicted octanol–water partition coefficient (Wildman–Crippen LogP) is 8.13. The molecule has 0 aliphatic carbocycles. The molecule has 194 valence electrons. The van der Waals surface area contributed by atoms with E-state index in [2.05, 4.69) is 132 Å². The molecular formula is C38H34N2+2. The Bertz CT molecular complexity index is 1980. The lowest BCUT2D eigenvalue weighted by molar-refractivity contribution is -0.689. The van der Waals surface area contributed by atoms with Crippen molar-refractivity contribution in [3.8, 4) is 22.5 Å². The molecule has 2 aliphatic rings. The van der Waals surface area contributed by atoms with Crippen molar-refractivity contribution in [1.82, 2.24) is 0 Å². The van der Waals surface area contributed by atoms with Crippen molar-refractivity contribution >= 4 is 33.7 Å². The summed E-state index contributed by atoms with van der Waals surface area (Å²) in [6.07, 6.45) is 11.2. The smallest absolute Gasteiger partial charge is 0.198 e. The summed E-state index contributed by atoms with van der Waals surface area (Å²) in [6.45, 7) is 4.20. The normalized spacial score (nSPS) is 13.4. The Labute approximate surface area is 236 Å². The first-order valence-corrected chi connectivity index (χ1v) is 14.0. The second-order valence-corrected chi connectivity index (χ2v) is 11.1. The molecule has 2 nitrogen and oxygen atoms in total. The van der Waals surface area contributed by atoms with Gasteiger partial charge in [-0.2, -0.15) is 9.13 Å². The van der Waals surface area contributed by atoms with Gasteiger partial charge in [-0.3, -0.25) is 0 Å². The molecule has 2 heteroatoms. The van der Waals surface area contributed by atoms with E-state index in [1.807, 2.05) is 0 Å². The largest absolute Gasteiger partial charge is 0.221 e. The molecule has 0 saturated heterocycles. The summed E-state index contributed by atoms with van der Waals surface area (Å²) in [5, 5.41) is 5.23. The average Bonchev–Trinajstić information content (AvgIpc) is 2.99. The molecule has 40 heavy (non-hydrogen) atoms. The van der Waals surface area contributed by atoms with Crippen LogP contribution in [0, 0.1) is 6.92 Å². The van der Waals surface area contributed by atoms with Crippen molar-refractivity contribution in [3.05, 3.63) is 131 Å². The van der Waals surface area contributed by atoms with Crippen LogP contribution < -0.4 is 9.13 Å². The Morgan fingerprint density at radius 2 is 1.30 bits per heavy atom. The first kappa shape index (κ1) is 24.5. The number of pyridine rings is 2. The molecular weight excluding hydrogens is 484 g/mol. The van der Waals surface area contributed by atoms with Crippen molar-refractivity contribution in [1.29, 1.82) is 0 Å². The van der Waals surface area contributed by atoms with Crippen LogP contribution >= 0.6 is 0 Å². The number of aryl methyl sites for hydroxylation is 5. The van der Waals surface area contributed by atoms with E-state index in [4.69, 9.17) is 0 Å². The van der Waals surface area contributed by atoms with Gasteiger partial charge in [-0.25, -0.2) is 0 Å². The van der Waals surface area contributed by atoms with Gasteiger partial charge in [-0.15, -0.1) is 0 Å². The number of aromatic nitrogens is 2. The molecule has 8 rings (SSSR count). The van der Waals surface area contributed by atoms with Crippen LogP contribution in [0.2, 0.25) is 0 Å². The van der Waals surface area contributed by atoms with Crippen molar-refractivity contribution in [2.24, 2.45) is 0 Å². The fraction of sp³-hybridized carbons (Fsp3) is 0.158. The van der Waals surface area contributed by atoms with E-state index < -0.39 is 0 Å². The molecule has 0 radical (unpaired) electrons. The monoisotopic (exact) mass is 518 g/mol. The van der Waals surface area contributed by atoms with Crippen LogP contribution in [0.15, 0.2) is 103 Å². The Balaban J connectivity index is 0.00000264. The highest BCUT2D eigenvalue weighted by molar-refractivity contribution is 5.98. The van der Waals surface area contributed by atoms with Gasteiger partial charge in [0, 0.05) is 31.0 Å². The topological polar surface area (TPSA) is 7.76 Å². The highest BCUT2D eigenvalue weighted by Crippen LogP contribution is 2.41. The molecule has 0 unspecified atom stereocenters. The molecule has 0 atom stereocenters. The second kappa shape index (κ2) is 9.57. The van der Waals surface area contributed by atoms with Crippen LogP contribution in [0.25, 0.3) is 56.2 Å².